The highest BCUT2D eigenvalue weighted by atomic mass is 32.1. The van der Waals surface area contributed by atoms with Crippen molar-refractivity contribution in [3.8, 4) is 0 Å². The van der Waals surface area contributed by atoms with E-state index in [1.54, 1.807) is 11.3 Å². The van der Waals surface area contributed by atoms with Crippen LogP contribution >= 0.6 is 11.3 Å². The molecule has 2 aromatic heterocycles. The van der Waals surface area contributed by atoms with E-state index in [9.17, 15) is 4.79 Å². The maximum absolute atomic E-state index is 11.7. The van der Waals surface area contributed by atoms with Crippen molar-refractivity contribution in [3.05, 3.63) is 46.0 Å². The first-order valence-corrected chi connectivity index (χ1v) is 6.66. The van der Waals surface area contributed by atoms with Gasteiger partial charge in [-0.3, -0.25) is 0 Å². The number of thiophene rings is 1. The van der Waals surface area contributed by atoms with Crippen molar-refractivity contribution in [3.63, 3.8) is 0 Å². The lowest BCUT2D eigenvalue weighted by Crippen LogP contribution is -2.36. The Morgan fingerprint density at radius 1 is 1.44 bits per heavy atom. The highest BCUT2D eigenvalue weighted by molar-refractivity contribution is 7.09. The number of nitrogens with one attached hydrogen (secondary N) is 2. The molecule has 2 heterocycles. The number of carbonyl (C=O) groups excluding carboxylic acids is 1. The Labute approximate surface area is 110 Å². The van der Waals surface area contributed by atoms with Crippen molar-refractivity contribution in [2.45, 2.75) is 26.4 Å². The molecule has 0 bridgehead atoms. The van der Waals surface area contributed by atoms with Crippen LogP contribution in [0.2, 0.25) is 0 Å². The smallest absolute Gasteiger partial charge is 0.315 e. The first kappa shape index (κ1) is 12.7. The van der Waals surface area contributed by atoms with Gasteiger partial charge in [0.15, 0.2) is 0 Å². The van der Waals surface area contributed by atoms with Crippen LogP contribution in [0.15, 0.2) is 34.1 Å². The van der Waals surface area contributed by atoms with Crippen LogP contribution in [0, 0.1) is 6.92 Å². The van der Waals surface area contributed by atoms with E-state index in [-0.39, 0.29) is 12.1 Å². The number of urea groups is 1. The van der Waals surface area contributed by atoms with Crippen molar-refractivity contribution in [1.82, 2.24) is 10.6 Å². The number of hydrogen-bond acceptors (Lipinski definition) is 3. The van der Waals surface area contributed by atoms with Crippen molar-refractivity contribution in [2.75, 3.05) is 0 Å². The molecule has 2 amide bonds. The Hall–Kier alpha value is -1.75. The van der Waals surface area contributed by atoms with Crippen LogP contribution in [-0.2, 0) is 6.54 Å². The number of hydrogen-bond donors (Lipinski definition) is 2. The Morgan fingerprint density at radius 3 is 2.89 bits per heavy atom. The van der Waals surface area contributed by atoms with Gasteiger partial charge in [-0.2, -0.15) is 0 Å². The molecule has 0 aliphatic carbocycles. The fraction of sp³-hybridized carbons (Fsp3) is 0.308. The van der Waals surface area contributed by atoms with E-state index in [1.165, 1.54) is 0 Å². The molecule has 5 heteroatoms. The lowest BCUT2D eigenvalue weighted by Gasteiger charge is -2.12. The summed E-state index contributed by atoms with van der Waals surface area (Å²) in [7, 11) is 0. The van der Waals surface area contributed by atoms with E-state index < -0.39 is 0 Å². The van der Waals surface area contributed by atoms with Crippen LogP contribution < -0.4 is 10.6 Å². The van der Waals surface area contributed by atoms with Crippen LogP contribution in [-0.4, -0.2) is 6.03 Å². The Bertz CT molecular complexity index is 505. The number of aryl methyl sites for hydroxylation is 1. The maximum atomic E-state index is 11.7. The average molecular weight is 264 g/mol. The summed E-state index contributed by atoms with van der Waals surface area (Å²) >= 11 is 1.62. The molecular weight excluding hydrogens is 248 g/mol. The van der Waals surface area contributed by atoms with Gasteiger partial charge in [-0.1, -0.05) is 6.07 Å². The molecule has 0 aromatic carbocycles. The van der Waals surface area contributed by atoms with Gasteiger partial charge >= 0.3 is 6.03 Å². The maximum Gasteiger partial charge on any atom is 0.315 e. The van der Waals surface area contributed by atoms with Crippen molar-refractivity contribution in [1.29, 1.82) is 0 Å². The number of rotatable bonds is 4. The van der Waals surface area contributed by atoms with Crippen LogP contribution in [0.1, 0.15) is 29.4 Å². The first-order chi connectivity index (χ1) is 8.65. The van der Waals surface area contributed by atoms with E-state index in [2.05, 4.69) is 10.6 Å². The Morgan fingerprint density at radius 2 is 2.28 bits per heavy atom. The first-order valence-electron chi connectivity index (χ1n) is 5.78. The van der Waals surface area contributed by atoms with Gasteiger partial charge in [0.05, 0.1) is 12.6 Å². The van der Waals surface area contributed by atoms with Crippen LogP contribution in [0.3, 0.4) is 0 Å². The second kappa shape index (κ2) is 5.73. The molecule has 1 atom stereocenters. The Balaban J connectivity index is 1.80. The lowest BCUT2D eigenvalue weighted by molar-refractivity contribution is 0.235. The zero-order valence-corrected chi connectivity index (χ0v) is 11.2. The molecule has 0 spiro atoms. The summed E-state index contributed by atoms with van der Waals surface area (Å²) in [6.07, 6.45) is 0. The van der Waals surface area contributed by atoms with Gasteiger partial charge in [-0.25, -0.2) is 4.79 Å². The van der Waals surface area contributed by atoms with Gasteiger partial charge in [-0.05, 0) is 37.4 Å². The molecule has 0 aliphatic heterocycles. The summed E-state index contributed by atoms with van der Waals surface area (Å²) in [5.41, 5.74) is 0. The van der Waals surface area contributed by atoms with Crippen molar-refractivity contribution < 1.29 is 9.21 Å². The molecule has 2 aromatic rings. The van der Waals surface area contributed by atoms with Gasteiger partial charge < -0.3 is 15.1 Å². The van der Waals surface area contributed by atoms with Crippen molar-refractivity contribution >= 4 is 17.4 Å². The lowest BCUT2D eigenvalue weighted by atomic mass is 10.2. The van der Waals surface area contributed by atoms with E-state index in [1.807, 2.05) is 43.5 Å². The van der Waals surface area contributed by atoms with Crippen LogP contribution in [0.25, 0.3) is 0 Å². The fourth-order valence-electron chi connectivity index (χ4n) is 1.59. The number of carbonyl (C=O) groups is 1. The largest absolute Gasteiger partial charge is 0.464 e. The number of amides is 2. The highest BCUT2D eigenvalue weighted by Crippen LogP contribution is 2.15. The topological polar surface area (TPSA) is 54.3 Å². The minimum atomic E-state index is -0.190. The minimum Gasteiger partial charge on any atom is -0.464 e. The molecule has 2 N–H and O–H groups in total. The molecule has 2 rings (SSSR count). The Kier molecular flexibility index (Phi) is 4.04. The fourth-order valence-corrected chi connectivity index (χ4v) is 2.23. The average Bonchev–Trinajstić information content (AvgIpc) is 2.97. The quantitative estimate of drug-likeness (QED) is 0.891. The standard InChI is InChI=1S/C13H16N2O2S/c1-9-5-6-12(17-9)10(2)15-13(16)14-8-11-4-3-7-18-11/h3-7,10H,8H2,1-2H3,(H2,14,15,16). The molecule has 0 aliphatic rings. The van der Waals surface area contributed by atoms with Gasteiger partial charge in [-0.15, -0.1) is 11.3 Å². The summed E-state index contributed by atoms with van der Waals surface area (Å²) < 4.78 is 5.46. The summed E-state index contributed by atoms with van der Waals surface area (Å²) in [5.74, 6) is 1.61. The van der Waals surface area contributed by atoms with Crippen molar-refractivity contribution in [2.24, 2.45) is 0 Å². The molecule has 0 saturated heterocycles. The monoisotopic (exact) mass is 264 g/mol. The normalized spacial score (nSPS) is 12.1. The second-order valence-electron chi connectivity index (χ2n) is 4.08. The molecule has 96 valence electrons. The summed E-state index contributed by atoms with van der Waals surface area (Å²) in [5, 5.41) is 7.63. The minimum absolute atomic E-state index is 0.137. The molecule has 1 unspecified atom stereocenters. The summed E-state index contributed by atoms with van der Waals surface area (Å²) in [4.78, 5) is 12.8. The van der Waals surface area contributed by atoms with Gasteiger partial charge in [0.25, 0.3) is 0 Å². The molecule has 0 radical (unpaired) electrons. The van der Waals surface area contributed by atoms with Crippen LogP contribution in [0.4, 0.5) is 4.79 Å². The predicted octanol–water partition coefficient (Wildman–Crippen LogP) is 3.21. The van der Waals surface area contributed by atoms with E-state index in [0.29, 0.717) is 6.54 Å². The second-order valence-corrected chi connectivity index (χ2v) is 5.11. The summed E-state index contributed by atoms with van der Waals surface area (Å²) in [6, 6.07) is 7.39. The third kappa shape index (κ3) is 3.37. The highest BCUT2D eigenvalue weighted by Gasteiger charge is 2.12. The van der Waals surface area contributed by atoms with Gasteiger partial charge in [0, 0.05) is 4.88 Å². The van der Waals surface area contributed by atoms with Gasteiger partial charge in [0.2, 0.25) is 0 Å². The van der Waals surface area contributed by atoms with E-state index >= 15 is 0 Å². The van der Waals surface area contributed by atoms with Crippen LogP contribution in [0.5, 0.6) is 0 Å². The van der Waals surface area contributed by atoms with E-state index in [4.69, 9.17) is 4.42 Å². The molecule has 18 heavy (non-hydrogen) atoms. The van der Waals surface area contributed by atoms with Gasteiger partial charge in [0.1, 0.15) is 11.5 Å². The zero-order valence-electron chi connectivity index (χ0n) is 10.4. The zero-order chi connectivity index (χ0) is 13.0. The third-order valence-corrected chi connectivity index (χ3v) is 3.42. The molecule has 0 fully saturated rings. The van der Waals surface area contributed by atoms with E-state index in [0.717, 1.165) is 16.4 Å². The molecule has 4 nitrogen and oxygen atoms in total. The summed E-state index contributed by atoms with van der Waals surface area (Å²) in [6.45, 7) is 4.32. The molecular formula is C13H16N2O2S. The predicted molar refractivity (Wildman–Crippen MR) is 71.6 cm³/mol. The molecule has 0 saturated carbocycles. The third-order valence-electron chi connectivity index (χ3n) is 2.54. The number of furan rings is 1. The SMILES string of the molecule is Cc1ccc(C(C)NC(=O)NCc2cccs2)o1.